The number of aromatic nitrogens is 2. The Kier molecular flexibility index (Phi) is 6.30. The number of ether oxygens (including phenoxy) is 2. The molecule has 1 heterocycles. The standard InChI is InChI=1S/C17H15N3O5S/c1-24-13-4-2-3-10(15(13)25-8-7-14(21)22)5-6-12-11(9-18)16(23)20-17(26)19-12/h2-6H,7-8H2,1H3,(H,21,22)(H2,19,20,23,26). The van der Waals surface area contributed by atoms with Crippen LogP contribution in [0.25, 0.3) is 12.2 Å². The van der Waals surface area contributed by atoms with Crippen LogP contribution in [0.5, 0.6) is 11.5 Å². The van der Waals surface area contributed by atoms with Crippen molar-refractivity contribution in [1.82, 2.24) is 9.97 Å². The fourth-order valence-electron chi connectivity index (χ4n) is 2.13. The van der Waals surface area contributed by atoms with E-state index in [1.54, 1.807) is 24.3 Å². The van der Waals surface area contributed by atoms with Crippen molar-refractivity contribution in [3.8, 4) is 17.6 Å². The van der Waals surface area contributed by atoms with Crippen LogP contribution in [0.15, 0.2) is 23.0 Å². The van der Waals surface area contributed by atoms with E-state index in [2.05, 4.69) is 9.97 Å². The molecule has 0 bridgehead atoms. The lowest BCUT2D eigenvalue weighted by molar-refractivity contribution is -0.137. The van der Waals surface area contributed by atoms with Gasteiger partial charge in [0, 0.05) is 5.56 Å². The Balaban J connectivity index is 2.42. The summed E-state index contributed by atoms with van der Waals surface area (Å²) >= 11 is 4.92. The SMILES string of the molecule is COc1cccc(C=Cc2[nH]c(=S)[nH]c(=O)c2C#N)c1OCCC(=O)O. The van der Waals surface area contributed by atoms with Gasteiger partial charge in [0.1, 0.15) is 11.6 Å². The Morgan fingerprint density at radius 2 is 2.15 bits per heavy atom. The summed E-state index contributed by atoms with van der Waals surface area (Å²) in [4.78, 5) is 27.5. The van der Waals surface area contributed by atoms with Crippen molar-refractivity contribution in [1.29, 1.82) is 5.26 Å². The Hall–Kier alpha value is -3.38. The van der Waals surface area contributed by atoms with Crippen molar-refractivity contribution >= 4 is 30.3 Å². The predicted octanol–water partition coefficient (Wildman–Crippen LogP) is 2.34. The van der Waals surface area contributed by atoms with Gasteiger partial charge in [-0.2, -0.15) is 5.26 Å². The summed E-state index contributed by atoms with van der Waals surface area (Å²) in [5, 5.41) is 17.9. The number of nitriles is 1. The van der Waals surface area contributed by atoms with E-state index >= 15 is 0 Å². The fourth-order valence-corrected chi connectivity index (χ4v) is 2.34. The summed E-state index contributed by atoms with van der Waals surface area (Å²) in [6, 6.07) is 6.95. The van der Waals surface area contributed by atoms with Gasteiger partial charge < -0.3 is 19.6 Å². The maximum Gasteiger partial charge on any atom is 0.306 e. The van der Waals surface area contributed by atoms with Crippen LogP contribution in [0.2, 0.25) is 0 Å². The third kappa shape index (κ3) is 4.58. The van der Waals surface area contributed by atoms with E-state index < -0.39 is 11.5 Å². The molecule has 0 fully saturated rings. The van der Waals surface area contributed by atoms with Crippen molar-refractivity contribution in [2.75, 3.05) is 13.7 Å². The quantitative estimate of drug-likeness (QED) is 0.635. The zero-order chi connectivity index (χ0) is 19.1. The van der Waals surface area contributed by atoms with Gasteiger partial charge in [0.25, 0.3) is 5.56 Å². The number of para-hydroxylation sites is 1. The highest BCUT2D eigenvalue weighted by molar-refractivity contribution is 7.71. The van der Waals surface area contributed by atoms with Crippen LogP contribution in [0.3, 0.4) is 0 Å². The molecule has 0 unspecified atom stereocenters. The second kappa shape index (κ2) is 8.64. The molecule has 8 nitrogen and oxygen atoms in total. The van der Waals surface area contributed by atoms with Gasteiger partial charge in [-0.15, -0.1) is 0 Å². The van der Waals surface area contributed by atoms with Gasteiger partial charge in [-0.3, -0.25) is 14.6 Å². The molecule has 0 saturated heterocycles. The minimum Gasteiger partial charge on any atom is -0.493 e. The van der Waals surface area contributed by atoms with E-state index in [4.69, 9.17) is 32.1 Å². The van der Waals surface area contributed by atoms with Crippen molar-refractivity contribution in [3.63, 3.8) is 0 Å². The van der Waals surface area contributed by atoms with Gasteiger partial charge >= 0.3 is 5.97 Å². The predicted molar refractivity (Wildman–Crippen MR) is 96.6 cm³/mol. The van der Waals surface area contributed by atoms with E-state index in [1.165, 1.54) is 13.2 Å². The highest BCUT2D eigenvalue weighted by Gasteiger charge is 2.11. The van der Waals surface area contributed by atoms with Crippen LogP contribution in [0.4, 0.5) is 0 Å². The normalized spacial score (nSPS) is 10.5. The molecular weight excluding hydrogens is 358 g/mol. The molecule has 2 rings (SSSR count). The van der Waals surface area contributed by atoms with Crippen LogP contribution < -0.4 is 15.0 Å². The molecule has 0 radical (unpaired) electrons. The Morgan fingerprint density at radius 1 is 1.38 bits per heavy atom. The van der Waals surface area contributed by atoms with Gasteiger partial charge in [-0.1, -0.05) is 12.1 Å². The number of carboxylic acid groups (broad SMARTS) is 1. The largest absolute Gasteiger partial charge is 0.493 e. The zero-order valence-corrected chi connectivity index (χ0v) is 14.6. The van der Waals surface area contributed by atoms with Crippen LogP contribution in [0, 0.1) is 16.1 Å². The van der Waals surface area contributed by atoms with E-state index in [1.807, 2.05) is 6.07 Å². The average molecular weight is 373 g/mol. The van der Waals surface area contributed by atoms with Crippen molar-refractivity contribution < 1.29 is 19.4 Å². The molecule has 0 aliphatic rings. The summed E-state index contributed by atoms with van der Waals surface area (Å²) in [6.45, 7) is -0.0343. The number of aliphatic carboxylic acids is 1. The number of H-pyrrole nitrogens is 2. The summed E-state index contributed by atoms with van der Waals surface area (Å²) in [6.07, 6.45) is 2.96. The number of benzene rings is 1. The first-order valence-corrected chi connectivity index (χ1v) is 7.83. The first-order valence-electron chi connectivity index (χ1n) is 7.42. The van der Waals surface area contributed by atoms with E-state index in [9.17, 15) is 9.59 Å². The third-order valence-corrected chi connectivity index (χ3v) is 3.51. The number of carbonyl (C=O) groups is 1. The van der Waals surface area contributed by atoms with Crippen LogP contribution in [-0.2, 0) is 4.79 Å². The number of methoxy groups -OCH3 is 1. The van der Waals surface area contributed by atoms with Crippen LogP contribution >= 0.6 is 12.2 Å². The lowest BCUT2D eigenvalue weighted by atomic mass is 10.1. The second-order valence-electron chi connectivity index (χ2n) is 5.01. The third-order valence-electron chi connectivity index (χ3n) is 3.30. The Morgan fingerprint density at radius 3 is 2.81 bits per heavy atom. The highest BCUT2D eigenvalue weighted by atomic mass is 32.1. The first-order chi connectivity index (χ1) is 12.5. The van der Waals surface area contributed by atoms with E-state index in [0.29, 0.717) is 17.1 Å². The van der Waals surface area contributed by atoms with Crippen molar-refractivity contribution in [2.24, 2.45) is 0 Å². The second-order valence-corrected chi connectivity index (χ2v) is 5.42. The van der Waals surface area contributed by atoms with Crippen molar-refractivity contribution in [2.45, 2.75) is 6.42 Å². The lowest BCUT2D eigenvalue weighted by Gasteiger charge is -2.12. The number of rotatable bonds is 7. The number of aromatic amines is 2. The molecule has 2 aromatic rings. The Labute approximate surface area is 153 Å². The van der Waals surface area contributed by atoms with Crippen LogP contribution in [-0.4, -0.2) is 34.8 Å². The van der Waals surface area contributed by atoms with Crippen LogP contribution in [0.1, 0.15) is 23.2 Å². The van der Waals surface area contributed by atoms with Gasteiger partial charge in [-0.05, 0) is 30.4 Å². The molecule has 0 aliphatic heterocycles. The molecule has 0 amide bonds. The maximum absolute atomic E-state index is 11.8. The van der Waals surface area contributed by atoms with Crippen molar-refractivity contribution in [3.05, 3.63) is 50.1 Å². The molecule has 134 valence electrons. The van der Waals surface area contributed by atoms with Gasteiger partial charge in [0.2, 0.25) is 0 Å². The number of carboxylic acids is 1. The highest BCUT2D eigenvalue weighted by Crippen LogP contribution is 2.32. The van der Waals surface area contributed by atoms with Gasteiger partial charge in [0.05, 0.1) is 25.8 Å². The molecule has 1 aromatic carbocycles. The lowest BCUT2D eigenvalue weighted by Crippen LogP contribution is -2.13. The maximum atomic E-state index is 11.8. The number of nitrogens with zero attached hydrogens (tertiary/aromatic N) is 1. The molecular formula is C17H15N3O5S. The fraction of sp³-hybridized carbons (Fsp3) is 0.176. The van der Waals surface area contributed by atoms with Gasteiger partial charge in [0.15, 0.2) is 16.3 Å². The van der Waals surface area contributed by atoms with Gasteiger partial charge in [-0.25, -0.2) is 0 Å². The average Bonchev–Trinajstić information content (AvgIpc) is 2.59. The Bertz CT molecular complexity index is 1000. The molecule has 3 N–H and O–H groups in total. The molecule has 26 heavy (non-hydrogen) atoms. The molecule has 0 aliphatic carbocycles. The number of hydrogen-bond acceptors (Lipinski definition) is 6. The van der Waals surface area contributed by atoms with E-state index in [0.717, 1.165) is 0 Å². The smallest absolute Gasteiger partial charge is 0.306 e. The molecule has 1 aromatic heterocycles. The molecule has 0 saturated carbocycles. The first kappa shape index (κ1) is 19.0. The zero-order valence-electron chi connectivity index (χ0n) is 13.7. The number of hydrogen-bond donors (Lipinski definition) is 3. The topological polar surface area (TPSA) is 128 Å². The molecule has 0 spiro atoms. The summed E-state index contributed by atoms with van der Waals surface area (Å²) in [7, 11) is 1.47. The summed E-state index contributed by atoms with van der Waals surface area (Å²) in [5.41, 5.74) is 0.143. The number of nitrogens with one attached hydrogen (secondary N) is 2. The summed E-state index contributed by atoms with van der Waals surface area (Å²) in [5.74, 6) is -0.196. The van der Waals surface area contributed by atoms with E-state index in [-0.39, 0.29) is 29.1 Å². The monoisotopic (exact) mass is 373 g/mol. The minimum absolute atomic E-state index is 0.0343. The summed E-state index contributed by atoms with van der Waals surface area (Å²) < 4.78 is 10.9. The minimum atomic E-state index is -0.980. The molecule has 9 heteroatoms. The molecule has 0 atom stereocenters.